The predicted octanol–water partition coefficient (Wildman–Crippen LogP) is 3.15. The Hall–Kier alpha value is -1.67. The van der Waals surface area contributed by atoms with Gasteiger partial charge in [-0.3, -0.25) is 4.72 Å². The molecular weight excluding hydrogens is 296 g/mol. The molecule has 2 rings (SSSR count). The van der Waals surface area contributed by atoms with Crippen molar-refractivity contribution in [3.63, 3.8) is 0 Å². The lowest BCUT2D eigenvalue weighted by Gasteiger charge is -2.08. The maximum absolute atomic E-state index is 11.9. The maximum atomic E-state index is 11.9. The molecular formula is C11H9F2NO3S2. The number of rotatable bonds is 5. The molecule has 0 amide bonds. The molecule has 0 aliphatic carbocycles. The van der Waals surface area contributed by atoms with Crippen LogP contribution < -0.4 is 9.46 Å². The molecule has 1 aromatic heterocycles. The third-order valence-corrected chi connectivity index (χ3v) is 4.87. The minimum Gasteiger partial charge on any atom is -0.435 e. The van der Waals surface area contributed by atoms with Crippen molar-refractivity contribution in [2.45, 2.75) is 10.8 Å². The van der Waals surface area contributed by atoms with Crippen LogP contribution in [-0.4, -0.2) is 15.0 Å². The first-order chi connectivity index (χ1) is 8.97. The maximum Gasteiger partial charge on any atom is 0.387 e. The Bertz CT molecular complexity index is 624. The molecule has 1 heterocycles. The van der Waals surface area contributed by atoms with Crippen LogP contribution in [-0.2, 0) is 10.0 Å². The highest BCUT2D eigenvalue weighted by Crippen LogP contribution is 2.22. The van der Waals surface area contributed by atoms with Gasteiger partial charge >= 0.3 is 6.61 Å². The second-order valence-corrected chi connectivity index (χ2v) is 6.30. The van der Waals surface area contributed by atoms with Gasteiger partial charge in [-0.1, -0.05) is 6.07 Å². The third kappa shape index (κ3) is 3.65. The van der Waals surface area contributed by atoms with Crippen LogP contribution in [0, 0.1) is 0 Å². The van der Waals surface area contributed by atoms with E-state index in [1.54, 1.807) is 11.4 Å². The molecule has 0 aliphatic heterocycles. The van der Waals surface area contributed by atoms with Crippen LogP contribution in [0.4, 0.5) is 14.5 Å². The van der Waals surface area contributed by atoms with E-state index in [2.05, 4.69) is 9.46 Å². The van der Waals surface area contributed by atoms with Gasteiger partial charge in [0.25, 0.3) is 10.0 Å². The van der Waals surface area contributed by atoms with Gasteiger partial charge in [-0.2, -0.15) is 8.78 Å². The zero-order chi connectivity index (χ0) is 13.9. The van der Waals surface area contributed by atoms with E-state index in [4.69, 9.17) is 0 Å². The Morgan fingerprint density at radius 1 is 1.16 bits per heavy atom. The van der Waals surface area contributed by atoms with E-state index >= 15 is 0 Å². The zero-order valence-electron chi connectivity index (χ0n) is 9.42. The van der Waals surface area contributed by atoms with Crippen molar-refractivity contribution in [2.24, 2.45) is 0 Å². The van der Waals surface area contributed by atoms with Gasteiger partial charge in [0.2, 0.25) is 0 Å². The highest BCUT2D eigenvalue weighted by atomic mass is 32.2. The molecule has 102 valence electrons. The van der Waals surface area contributed by atoms with Gasteiger partial charge in [-0.25, -0.2) is 8.42 Å². The fraction of sp³-hybridized carbons (Fsp3) is 0.0909. The second kappa shape index (κ2) is 5.54. The Kier molecular flexibility index (Phi) is 4.01. The largest absolute Gasteiger partial charge is 0.435 e. The number of sulfonamides is 1. The lowest BCUT2D eigenvalue weighted by atomic mass is 10.3. The summed E-state index contributed by atoms with van der Waals surface area (Å²) in [7, 11) is -3.63. The predicted molar refractivity (Wildman–Crippen MR) is 68.2 cm³/mol. The van der Waals surface area contributed by atoms with E-state index < -0.39 is 16.6 Å². The van der Waals surface area contributed by atoms with Gasteiger partial charge in [0.15, 0.2) is 0 Å². The van der Waals surface area contributed by atoms with E-state index in [1.165, 1.54) is 30.3 Å². The van der Waals surface area contributed by atoms with Crippen LogP contribution in [0.2, 0.25) is 0 Å². The fourth-order valence-electron chi connectivity index (χ4n) is 1.33. The highest BCUT2D eigenvalue weighted by Gasteiger charge is 2.15. The summed E-state index contributed by atoms with van der Waals surface area (Å²) in [6.07, 6.45) is 0. The number of anilines is 1. The highest BCUT2D eigenvalue weighted by molar-refractivity contribution is 7.94. The molecule has 0 atom stereocenters. The molecule has 1 N–H and O–H groups in total. The van der Waals surface area contributed by atoms with E-state index in [9.17, 15) is 17.2 Å². The summed E-state index contributed by atoms with van der Waals surface area (Å²) in [6, 6.07) is 8.32. The number of thiophene rings is 1. The summed E-state index contributed by atoms with van der Waals surface area (Å²) in [4.78, 5) is 0. The third-order valence-electron chi connectivity index (χ3n) is 2.09. The first-order valence-electron chi connectivity index (χ1n) is 5.08. The van der Waals surface area contributed by atoms with E-state index in [1.807, 2.05) is 0 Å². The number of ether oxygens (including phenoxy) is 1. The standard InChI is InChI=1S/C11H9F2NO3S2/c12-11(13)17-9-5-3-8(4-6-9)14-19(15,16)10-2-1-7-18-10/h1-7,11,14H. The van der Waals surface area contributed by atoms with Gasteiger partial charge < -0.3 is 4.74 Å². The number of hydrogen-bond acceptors (Lipinski definition) is 4. The number of nitrogens with one attached hydrogen (secondary N) is 1. The Labute approximate surface area is 112 Å². The summed E-state index contributed by atoms with van der Waals surface area (Å²) in [6.45, 7) is -2.91. The second-order valence-electron chi connectivity index (χ2n) is 3.44. The van der Waals surface area contributed by atoms with Crippen LogP contribution in [0.3, 0.4) is 0 Å². The monoisotopic (exact) mass is 305 g/mol. The molecule has 0 radical (unpaired) electrons. The Morgan fingerprint density at radius 3 is 2.37 bits per heavy atom. The number of alkyl halides is 2. The molecule has 0 fully saturated rings. The summed E-state index contributed by atoms with van der Waals surface area (Å²) < 4.78 is 54.3. The molecule has 0 spiro atoms. The normalized spacial score (nSPS) is 11.5. The lowest BCUT2D eigenvalue weighted by molar-refractivity contribution is -0.0498. The van der Waals surface area contributed by atoms with E-state index in [0.717, 1.165) is 11.3 Å². The minimum atomic E-state index is -3.63. The lowest BCUT2D eigenvalue weighted by Crippen LogP contribution is -2.11. The summed E-state index contributed by atoms with van der Waals surface area (Å²) in [5, 5.41) is 1.65. The van der Waals surface area contributed by atoms with Gasteiger partial charge in [-0.15, -0.1) is 11.3 Å². The molecule has 1 aromatic carbocycles. The average molecular weight is 305 g/mol. The summed E-state index contributed by atoms with van der Waals surface area (Å²) >= 11 is 1.09. The van der Waals surface area contributed by atoms with Gasteiger partial charge in [0.05, 0.1) is 0 Å². The zero-order valence-corrected chi connectivity index (χ0v) is 11.0. The van der Waals surface area contributed by atoms with Gasteiger partial charge in [-0.05, 0) is 35.7 Å². The number of hydrogen-bond donors (Lipinski definition) is 1. The van der Waals surface area contributed by atoms with Crippen molar-refractivity contribution in [3.05, 3.63) is 41.8 Å². The Balaban J connectivity index is 2.12. The van der Waals surface area contributed by atoms with E-state index in [-0.39, 0.29) is 15.6 Å². The fourth-order valence-corrected chi connectivity index (χ4v) is 3.38. The van der Waals surface area contributed by atoms with E-state index in [0.29, 0.717) is 0 Å². The van der Waals surface area contributed by atoms with Gasteiger partial charge in [0, 0.05) is 5.69 Å². The van der Waals surface area contributed by atoms with Crippen molar-refractivity contribution in [2.75, 3.05) is 4.72 Å². The minimum absolute atomic E-state index is 0.0333. The van der Waals surface area contributed by atoms with Crippen LogP contribution in [0.15, 0.2) is 46.0 Å². The first-order valence-corrected chi connectivity index (χ1v) is 7.45. The quantitative estimate of drug-likeness (QED) is 0.923. The van der Waals surface area contributed by atoms with Gasteiger partial charge in [0.1, 0.15) is 9.96 Å². The molecule has 0 bridgehead atoms. The average Bonchev–Trinajstić information content (AvgIpc) is 2.85. The summed E-state index contributed by atoms with van der Waals surface area (Å²) in [5.41, 5.74) is 0.273. The first kappa shape index (κ1) is 13.8. The van der Waals surface area contributed by atoms with Crippen molar-refractivity contribution in [1.29, 1.82) is 0 Å². The molecule has 8 heteroatoms. The topological polar surface area (TPSA) is 55.4 Å². The number of halogens is 2. The molecule has 2 aromatic rings. The van der Waals surface area contributed by atoms with Crippen LogP contribution in [0.1, 0.15) is 0 Å². The summed E-state index contributed by atoms with van der Waals surface area (Å²) in [5.74, 6) is -0.0333. The van der Waals surface area contributed by atoms with Crippen LogP contribution in [0.25, 0.3) is 0 Å². The molecule has 0 saturated carbocycles. The van der Waals surface area contributed by atoms with Crippen molar-refractivity contribution >= 4 is 27.0 Å². The van der Waals surface area contributed by atoms with Crippen LogP contribution >= 0.6 is 11.3 Å². The molecule has 0 saturated heterocycles. The smallest absolute Gasteiger partial charge is 0.387 e. The van der Waals surface area contributed by atoms with Crippen molar-refractivity contribution < 1.29 is 21.9 Å². The van der Waals surface area contributed by atoms with Crippen molar-refractivity contribution in [1.82, 2.24) is 0 Å². The number of benzene rings is 1. The molecule has 19 heavy (non-hydrogen) atoms. The van der Waals surface area contributed by atoms with Crippen molar-refractivity contribution in [3.8, 4) is 5.75 Å². The van der Waals surface area contributed by atoms with Crippen LogP contribution in [0.5, 0.6) is 5.75 Å². The SMILES string of the molecule is O=S(=O)(Nc1ccc(OC(F)F)cc1)c1cccs1. The molecule has 0 aliphatic rings. The molecule has 4 nitrogen and oxygen atoms in total. The Morgan fingerprint density at radius 2 is 1.84 bits per heavy atom. The molecule has 0 unspecified atom stereocenters.